The number of aryl methyl sites for hydroxylation is 1. The van der Waals surface area contributed by atoms with Gasteiger partial charge in [0.15, 0.2) is 11.4 Å². The van der Waals surface area contributed by atoms with Gasteiger partial charge in [0.1, 0.15) is 0 Å². The highest BCUT2D eigenvalue weighted by Gasteiger charge is 2.26. The van der Waals surface area contributed by atoms with Gasteiger partial charge in [-0.05, 0) is 25.1 Å². The van der Waals surface area contributed by atoms with Gasteiger partial charge in [0.25, 0.3) is 0 Å². The predicted molar refractivity (Wildman–Crippen MR) is 87.1 cm³/mol. The summed E-state index contributed by atoms with van der Waals surface area (Å²) in [5.41, 5.74) is 0.777. The van der Waals surface area contributed by atoms with Gasteiger partial charge in [0, 0.05) is 17.0 Å². The quantitative estimate of drug-likeness (QED) is 0.365. The molecule has 0 amide bonds. The standard InChI is InChI=1S/C15H11N3O5S/c1-8-16-10(7-24-8)6-11-15(19)23-14(17-11)9-3-4-13(22-2)12(5-9)18(20)21/h3-7H,1-2H3/b11-6-. The highest BCUT2D eigenvalue weighted by atomic mass is 32.1. The molecule has 8 nitrogen and oxygen atoms in total. The number of nitro groups is 1. The van der Waals surface area contributed by atoms with E-state index in [2.05, 4.69) is 9.98 Å². The Labute approximate surface area is 140 Å². The van der Waals surface area contributed by atoms with Crippen LogP contribution in [0.5, 0.6) is 5.75 Å². The third-order valence-corrected chi connectivity index (χ3v) is 3.96. The molecule has 2 aromatic rings. The molecule has 1 aromatic heterocycles. The number of aliphatic imine (C=N–C) groups is 1. The largest absolute Gasteiger partial charge is 0.490 e. The first-order chi connectivity index (χ1) is 11.5. The molecule has 2 heterocycles. The molecule has 0 bridgehead atoms. The highest BCUT2D eigenvalue weighted by molar-refractivity contribution is 7.09. The van der Waals surface area contributed by atoms with Crippen LogP contribution in [0.25, 0.3) is 6.08 Å². The minimum Gasteiger partial charge on any atom is -0.490 e. The number of benzene rings is 1. The monoisotopic (exact) mass is 345 g/mol. The first-order valence-corrected chi connectivity index (χ1v) is 7.63. The number of methoxy groups -OCH3 is 1. The van der Waals surface area contributed by atoms with Crippen LogP contribution < -0.4 is 4.74 Å². The van der Waals surface area contributed by atoms with Crippen molar-refractivity contribution in [1.82, 2.24) is 4.98 Å². The lowest BCUT2D eigenvalue weighted by Crippen LogP contribution is -2.06. The number of esters is 1. The van der Waals surface area contributed by atoms with Crippen LogP contribution >= 0.6 is 11.3 Å². The van der Waals surface area contributed by atoms with E-state index in [0.717, 1.165) is 5.01 Å². The molecule has 1 aromatic carbocycles. The van der Waals surface area contributed by atoms with Crippen molar-refractivity contribution in [2.45, 2.75) is 6.92 Å². The average Bonchev–Trinajstić information content (AvgIpc) is 3.13. The maximum absolute atomic E-state index is 11.9. The Kier molecular flexibility index (Phi) is 4.09. The number of nitrogens with zero attached hydrogens (tertiary/aromatic N) is 3. The van der Waals surface area contributed by atoms with Crippen molar-refractivity contribution >= 4 is 35.0 Å². The molecule has 122 valence electrons. The second-order valence-electron chi connectivity index (χ2n) is 4.77. The summed E-state index contributed by atoms with van der Waals surface area (Å²) in [6, 6.07) is 4.21. The maximum Gasteiger partial charge on any atom is 0.363 e. The molecular weight excluding hydrogens is 334 g/mol. The van der Waals surface area contributed by atoms with Gasteiger partial charge in [0.05, 0.1) is 22.7 Å². The molecule has 0 atom stereocenters. The van der Waals surface area contributed by atoms with E-state index in [1.165, 1.54) is 42.7 Å². The van der Waals surface area contributed by atoms with E-state index in [-0.39, 0.29) is 23.0 Å². The average molecular weight is 345 g/mol. The molecule has 0 saturated heterocycles. The fourth-order valence-corrected chi connectivity index (χ4v) is 2.66. The number of carbonyl (C=O) groups excluding carboxylic acids is 1. The van der Waals surface area contributed by atoms with Crippen molar-refractivity contribution in [3.8, 4) is 5.75 Å². The van der Waals surface area contributed by atoms with Gasteiger partial charge in [0.2, 0.25) is 5.90 Å². The highest BCUT2D eigenvalue weighted by Crippen LogP contribution is 2.29. The number of rotatable bonds is 4. The molecule has 0 unspecified atom stereocenters. The molecule has 0 spiro atoms. The molecular formula is C15H11N3O5S. The molecule has 0 radical (unpaired) electrons. The predicted octanol–water partition coefficient (Wildman–Crippen LogP) is 2.71. The Hall–Kier alpha value is -3.07. The van der Waals surface area contributed by atoms with Crippen LogP contribution in [0, 0.1) is 17.0 Å². The number of thiazole rings is 1. The number of hydrogen-bond donors (Lipinski definition) is 0. The van der Waals surface area contributed by atoms with Gasteiger partial charge < -0.3 is 9.47 Å². The van der Waals surface area contributed by atoms with Gasteiger partial charge in [-0.25, -0.2) is 14.8 Å². The van der Waals surface area contributed by atoms with Crippen molar-refractivity contribution in [2.75, 3.05) is 7.11 Å². The van der Waals surface area contributed by atoms with Gasteiger partial charge in [-0.1, -0.05) is 0 Å². The zero-order chi connectivity index (χ0) is 17.3. The number of aromatic nitrogens is 1. The van der Waals surface area contributed by atoms with Crippen molar-refractivity contribution in [2.24, 2.45) is 4.99 Å². The fraction of sp³-hybridized carbons (Fsp3) is 0.133. The van der Waals surface area contributed by atoms with Crippen molar-refractivity contribution in [3.63, 3.8) is 0 Å². The van der Waals surface area contributed by atoms with E-state index < -0.39 is 10.9 Å². The third-order valence-electron chi connectivity index (χ3n) is 3.16. The lowest BCUT2D eigenvalue weighted by molar-refractivity contribution is -0.385. The van der Waals surface area contributed by atoms with Gasteiger partial charge in [-0.3, -0.25) is 10.1 Å². The zero-order valence-electron chi connectivity index (χ0n) is 12.7. The van der Waals surface area contributed by atoms with E-state index in [1.54, 1.807) is 5.38 Å². The van der Waals surface area contributed by atoms with Crippen LogP contribution in [-0.4, -0.2) is 28.9 Å². The zero-order valence-corrected chi connectivity index (χ0v) is 13.5. The lowest BCUT2D eigenvalue weighted by Gasteiger charge is -2.03. The molecule has 3 rings (SSSR count). The van der Waals surface area contributed by atoms with E-state index in [9.17, 15) is 14.9 Å². The van der Waals surface area contributed by atoms with Crippen molar-refractivity contribution in [1.29, 1.82) is 0 Å². The van der Waals surface area contributed by atoms with E-state index in [1.807, 2.05) is 6.92 Å². The summed E-state index contributed by atoms with van der Waals surface area (Å²) in [6.45, 7) is 1.85. The second kappa shape index (κ2) is 6.20. The van der Waals surface area contributed by atoms with E-state index in [0.29, 0.717) is 11.3 Å². The number of hydrogen-bond acceptors (Lipinski definition) is 8. The smallest absolute Gasteiger partial charge is 0.363 e. The summed E-state index contributed by atoms with van der Waals surface area (Å²) in [6.07, 6.45) is 1.51. The summed E-state index contributed by atoms with van der Waals surface area (Å²) in [5.74, 6) is -0.513. The number of nitro benzene ring substituents is 1. The van der Waals surface area contributed by atoms with Crippen LogP contribution in [0.2, 0.25) is 0 Å². The van der Waals surface area contributed by atoms with Crippen LogP contribution in [0.1, 0.15) is 16.3 Å². The summed E-state index contributed by atoms with van der Waals surface area (Å²) in [4.78, 5) is 30.8. The van der Waals surface area contributed by atoms with Crippen LogP contribution in [0.3, 0.4) is 0 Å². The molecule has 1 aliphatic heterocycles. The Morgan fingerprint density at radius 2 is 2.21 bits per heavy atom. The molecule has 24 heavy (non-hydrogen) atoms. The van der Waals surface area contributed by atoms with Crippen molar-refractivity contribution in [3.05, 3.63) is 55.7 Å². The van der Waals surface area contributed by atoms with E-state index >= 15 is 0 Å². The molecule has 0 N–H and O–H groups in total. The Bertz CT molecular complexity index is 900. The minimum absolute atomic E-state index is 0.00366. The molecule has 1 aliphatic rings. The molecule has 9 heteroatoms. The number of ether oxygens (including phenoxy) is 2. The Balaban J connectivity index is 1.97. The van der Waals surface area contributed by atoms with E-state index in [4.69, 9.17) is 9.47 Å². The van der Waals surface area contributed by atoms with Crippen LogP contribution in [0.4, 0.5) is 5.69 Å². The van der Waals surface area contributed by atoms with Gasteiger partial charge >= 0.3 is 11.7 Å². The van der Waals surface area contributed by atoms with Crippen LogP contribution in [-0.2, 0) is 9.53 Å². The summed E-state index contributed by atoms with van der Waals surface area (Å²) >= 11 is 1.45. The van der Waals surface area contributed by atoms with Crippen LogP contribution in [0.15, 0.2) is 34.3 Å². The van der Waals surface area contributed by atoms with Gasteiger partial charge in [-0.2, -0.15) is 0 Å². The summed E-state index contributed by atoms with van der Waals surface area (Å²) in [5, 5.41) is 13.7. The first kappa shape index (κ1) is 15.8. The first-order valence-electron chi connectivity index (χ1n) is 6.75. The normalized spacial score (nSPS) is 15.3. The number of cyclic esters (lactones) is 1. The summed E-state index contributed by atoms with van der Waals surface area (Å²) < 4.78 is 10.0. The Morgan fingerprint density at radius 1 is 1.42 bits per heavy atom. The molecule has 0 aliphatic carbocycles. The Morgan fingerprint density at radius 3 is 2.83 bits per heavy atom. The summed E-state index contributed by atoms with van der Waals surface area (Å²) in [7, 11) is 1.34. The molecule has 0 saturated carbocycles. The van der Waals surface area contributed by atoms with Gasteiger partial charge in [-0.15, -0.1) is 11.3 Å². The maximum atomic E-state index is 11.9. The fourth-order valence-electron chi connectivity index (χ4n) is 2.08. The van der Waals surface area contributed by atoms with Crippen molar-refractivity contribution < 1.29 is 19.2 Å². The minimum atomic E-state index is -0.630. The topological polar surface area (TPSA) is 104 Å². The SMILES string of the molecule is COc1ccc(C2=N/C(=C\c3csc(C)n3)C(=O)O2)cc1[N+](=O)[O-]. The second-order valence-corrected chi connectivity index (χ2v) is 5.83. The number of carbonyl (C=O) groups is 1. The molecule has 0 fully saturated rings. The lowest BCUT2D eigenvalue weighted by atomic mass is 10.2. The third kappa shape index (κ3) is 3.01.